The van der Waals surface area contributed by atoms with Gasteiger partial charge in [-0.25, -0.2) is 4.68 Å². The molecule has 128 valence electrons. The van der Waals surface area contributed by atoms with Crippen molar-refractivity contribution >= 4 is 40.8 Å². The number of nitrogens with one attached hydrogen (secondary N) is 1. The number of amides is 1. The van der Waals surface area contributed by atoms with E-state index < -0.39 is 5.91 Å². The lowest BCUT2D eigenvalue weighted by Gasteiger charge is -2.06. The molecule has 3 N–H and O–H groups in total. The Morgan fingerprint density at radius 3 is 2.76 bits per heavy atom. The maximum absolute atomic E-state index is 12.4. The van der Waals surface area contributed by atoms with E-state index in [1.54, 1.807) is 23.9 Å². The van der Waals surface area contributed by atoms with Crippen molar-refractivity contribution in [2.75, 3.05) is 17.3 Å². The molecule has 8 heteroatoms. The van der Waals surface area contributed by atoms with Gasteiger partial charge < -0.3 is 11.1 Å². The maximum atomic E-state index is 12.4. The number of anilines is 2. The normalized spacial score (nSPS) is 10.6. The molecule has 6 nitrogen and oxygen atoms in total. The molecule has 0 aliphatic heterocycles. The first-order valence-corrected chi connectivity index (χ1v) is 9.06. The van der Waals surface area contributed by atoms with Crippen LogP contribution in [0.5, 0.6) is 0 Å². The Hall–Kier alpha value is -2.51. The highest BCUT2D eigenvalue weighted by atomic mass is 35.5. The van der Waals surface area contributed by atoms with E-state index in [1.165, 1.54) is 4.68 Å². The molecular weight excluding hydrogens is 358 g/mol. The number of halogens is 1. The number of hydrogen-bond donors (Lipinski definition) is 2. The predicted molar refractivity (Wildman–Crippen MR) is 101 cm³/mol. The van der Waals surface area contributed by atoms with Gasteiger partial charge in [-0.2, -0.15) is 0 Å². The molecule has 0 unspecified atom stereocenters. The van der Waals surface area contributed by atoms with Gasteiger partial charge in [0.05, 0.1) is 6.54 Å². The molecule has 0 atom stereocenters. The minimum Gasteiger partial charge on any atom is -0.382 e. The Morgan fingerprint density at radius 1 is 1.28 bits per heavy atom. The van der Waals surface area contributed by atoms with Crippen LogP contribution in [0.2, 0.25) is 5.02 Å². The summed E-state index contributed by atoms with van der Waals surface area (Å²) in [7, 11) is 0. The van der Waals surface area contributed by atoms with E-state index in [2.05, 4.69) is 15.6 Å². The zero-order chi connectivity index (χ0) is 17.8. The van der Waals surface area contributed by atoms with Gasteiger partial charge in [0.25, 0.3) is 5.91 Å². The highest BCUT2D eigenvalue weighted by Gasteiger charge is 2.18. The average molecular weight is 374 g/mol. The summed E-state index contributed by atoms with van der Waals surface area (Å²) in [6.07, 6.45) is 1.97. The smallest absolute Gasteiger partial charge is 0.280 e. The second-order valence-electron chi connectivity index (χ2n) is 5.29. The number of aromatic nitrogens is 3. The molecule has 1 amide bonds. The molecule has 1 heterocycles. The predicted octanol–water partition coefficient (Wildman–Crippen LogP) is 3.54. The number of carbonyl (C=O) groups excluding carboxylic acids is 1. The summed E-state index contributed by atoms with van der Waals surface area (Å²) < 4.78 is 1.48. The molecule has 0 saturated carbocycles. The minimum absolute atomic E-state index is 0.100. The van der Waals surface area contributed by atoms with E-state index in [0.717, 1.165) is 10.5 Å². The first kappa shape index (κ1) is 17.3. The van der Waals surface area contributed by atoms with Gasteiger partial charge in [-0.1, -0.05) is 35.0 Å². The van der Waals surface area contributed by atoms with E-state index in [-0.39, 0.29) is 11.5 Å². The van der Waals surface area contributed by atoms with Crippen LogP contribution in [0.1, 0.15) is 16.1 Å². The molecule has 3 aromatic rings. The van der Waals surface area contributed by atoms with E-state index in [9.17, 15) is 4.79 Å². The molecule has 25 heavy (non-hydrogen) atoms. The van der Waals surface area contributed by atoms with Crippen molar-refractivity contribution < 1.29 is 4.79 Å². The molecule has 0 radical (unpaired) electrons. The van der Waals surface area contributed by atoms with Crippen LogP contribution in [0.15, 0.2) is 53.4 Å². The molecule has 0 fully saturated rings. The van der Waals surface area contributed by atoms with Gasteiger partial charge in [0.2, 0.25) is 0 Å². The number of nitrogens with two attached hydrogens (primary N) is 1. The third-order valence-electron chi connectivity index (χ3n) is 3.56. The number of thioether (sulfide) groups is 1. The third-order valence-corrected chi connectivity index (χ3v) is 4.54. The Morgan fingerprint density at radius 2 is 2.04 bits per heavy atom. The zero-order valence-corrected chi connectivity index (χ0v) is 15.0. The molecule has 0 saturated heterocycles. The lowest BCUT2D eigenvalue weighted by atomic mass is 10.2. The van der Waals surface area contributed by atoms with Gasteiger partial charge in [0, 0.05) is 15.6 Å². The zero-order valence-electron chi connectivity index (χ0n) is 13.4. The SMILES string of the molecule is CSc1cccc(NC(=O)c2nnn(Cc3ccc(Cl)cc3)c2N)c1. The molecule has 1 aromatic heterocycles. The van der Waals surface area contributed by atoms with E-state index >= 15 is 0 Å². The summed E-state index contributed by atoms with van der Waals surface area (Å²) in [6, 6.07) is 14.9. The first-order valence-electron chi connectivity index (χ1n) is 7.45. The standard InChI is InChI=1S/C17H16ClN5OS/c1-25-14-4-2-3-13(9-14)20-17(24)15-16(19)23(22-21-15)10-11-5-7-12(18)8-6-11/h2-9H,10,19H2,1H3,(H,20,24). The highest BCUT2D eigenvalue weighted by molar-refractivity contribution is 7.98. The Labute approximate surface area is 154 Å². The van der Waals surface area contributed by atoms with Crippen LogP contribution in [-0.4, -0.2) is 27.2 Å². The minimum atomic E-state index is -0.391. The molecule has 2 aromatic carbocycles. The summed E-state index contributed by atoms with van der Waals surface area (Å²) in [6.45, 7) is 0.408. The van der Waals surface area contributed by atoms with E-state index in [4.69, 9.17) is 17.3 Å². The molecule has 3 rings (SSSR count). The van der Waals surface area contributed by atoms with Crippen LogP contribution in [0.3, 0.4) is 0 Å². The van der Waals surface area contributed by atoms with E-state index in [0.29, 0.717) is 17.3 Å². The largest absolute Gasteiger partial charge is 0.382 e. The third kappa shape index (κ3) is 4.12. The number of nitrogen functional groups attached to an aromatic ring is 1. The summed E-state index contributed by atoms with van der Waals surface area (Å²) in [5.41, 5.74) is 7.78. The molecule has 0 bridgehead atoms. The number of hydrogen-bond acceptors (Lipinski definition) is 5. The Bertz CT molecular complexity index is 894. The topological polar surface area (TPSA) is 85.8 Å². The summed E-state index contributed by atoms with van der Waals surface area (Å²) in [4.78, 5) is 13.5. The Kier molecular flexibility index (Phi) is 5.25. The first-order chi connectivity index (χ1) is 12.1. The second-order valence-corrected chi connectivity index (χ2v) is 6.61. The van der Waals surface area contributed by atoms with Gasteiger partial charge in [-0.15, -0.1) is 16.9 Å². The number of nitrogens with zero attached hydrogens (tertiary/aromatic N) is 3. The van der Waals surface area contributed by atoms with Crippen molar-refractivity contribution in [2.24, 2.45) is 0 Å². The fraction of sp³-hybridized carbons (Fsp3) is 0.118. The van der Waals surface area contributed by atoms with E-state index in [1.807, 2.05) is 42.7 Å². The van der Waals surface area contributed by atoms with Crippen molar-refractivity contribution in [1.29, 1.82) is 0 Å². The fourth-order valence-corrected chi connectivity index (χ4v) is 2.84. The molecule has 0 spiro atoms. The molecular formula is C17H16ClN5OS. The second kappa shape index (κ2) is 7.58. The molecule has 0 aliphatic rings. The van der Waals surface area contributed by atoms with Crippen molar-refractivity contribution in [3.63, 3.8) is 0 Å². The monoisotopic (exact) mass is 373 g/mol. The summed E-state index contributed by atoms with van der Waals surface area (Å²) >= 11 is 7.47. The van der Waals surface area contributed by atoms with Gasteiger partial charge >= 0.3 is 0 Å². The van der Waals surface area contributed by atoms with Crippen molar-refractivity contribution in [1.82, 2.24) is 15.0 Å². The highest BCUT2D eigenvalue weighted by Crippen LogP contribution is 2.20. The van der Waals surface area contributed by atoms with Gasteiger partial charge in [0.1, 0.15) is 0 Å². The van der Waals surface area contributed by atoms with Crippen LogP contribution in [0, 0.1) is 0 Å². The van der Waals surface area contributed by atoms with Crippen LogP contribution in [-0.2, 0) is 6.54 Å². The number of benzene rings is 2. The molecule has 0 aliphatic carbocycles. The fourth-order valence-electron chi connectivity index (χ4n) is 2.25. The van der Waals surface area contributed by atoms with Gasteiger partial charge in [-0.05, 0) is 42.2 Å². The Balaban J connectivity index is 1.75. The van der Waals surface area contributed by atoms with Crippen molar-refractivity contribution in [3.05, 3.63) is 64.8 Å². The quantitative estimate of drug-likeness (QED) is 0.668. The lowest BCUT2D eigenvalue weighted by Crippen LogP contribution is -2.15. The average Bonchev–Trinajstić information content (AvgIpc) is 2.98. The number of carbonyl (C=O) groups is 1. The maximum Gasteiger partial charge on any atom is 0.280 e. The van der Waals surface area contributed by atoms with Crippen LogP contribution >= 0.6 is 23.4 Å². The summed E-state index contributed by atoms with van der Waals surface area (Å²) in [5.74, 6) is -0.174. The number of rotatable bonds is 5. The van der Waals surface area contributed by atoms with Crippen molar-refractivity contribution in [3.8, 4) is 0 Å². The van der Waals surface area contributed by atoms with Gasteiger partial charge in [-0.3, -0.25) is 4.79 Å². The van der Waals surface area contributed by atoms with Crippen LogP contribution in [0.25, 0.3) is 0 Å². The summed E-state index contributed by atoms with van der Waals surface area (Å²) in [5, 5.41) is 11.3. The van der Waals surface area contributed by atoms with Gasteiger partial charge in [0.15, 0.2) is 11.5 Å². The lowest BCUT2D eigenvalue weighted by molar-refractivity contribution is 0.102. The van der Waals surface area contributed by atoms with Crippen molar-refractivity contribution in [2.45, 2.75) is 11.4 Å². The van der Waals surface area contributed by atoms with Crippen LogP contribution in [0.4, 0.5) is 11.5 Å². The van der Waals surface area contributed by atoms with Crippen LogP contribution < -0.4 is 11.1 Å².